The SMILES string of the molecule is NC(=O)c1ccc(OCc2ccc(C(=O)O)cn2)cc1F. The monoisotopic (exact) mass is 290 g/mol. The molecule has 0 spiro atoms. The molecule has 1 amide bonds. The molecule has 108 valence electrons. The lowest BCUT2D eigenvalue weighted by Gasteiger charge is -2.07. The standard InChI is InChI=1S/C14H11FN2O4/c15-12-5-10(3-4-11(12)13(16)18)21-7-9-2-1-8(6-17-9)14(19)20/h1-6H,7H2,(H2,16,18)(H,19,20). The number of hydrogen-bond acceptors (Lipinski definition) is 4. The number of aromatic carboxylic acids is 1. The molecule has 0 saturated carbocycles. The number of amides is 1. The highest BCUT2D eigenvalue weighted by Gasteiger charge is 2.09. The van der Waals surface area contributed by atoms with Gasteiger partial charge in [-0.3, -0.25) is 9.78 Å². The molecule has 0 atom stereocenters. The van der Waals surface area contributed by atoms with Crippen molar-refractivity contribution < 1.29 is 23.8 Å². The Balaban J connectivity index is 2.04. The number of nitrogens with two attached hydrogens (primary N) is 1. The van der Waals surface area contributed by atoms with Gasteiger partial charge in [-0.25, -0.2) is 9.18 Å². The quantitative estimate of drug-likeness (QED) is 0.870. The zero-order valence-electron chi connectivity index (χ0n) is 10.7. The van der Waals surface area contributed by atoms with Crippen LogP contribution >= 0.6 is 0 Å². The summed E-state index contributed by atoms with van der Waals surface area (Å²) < 4.78 is 18.8. The van der Waals surface area contributed by atoms with Crippen LogP contribution in [-0.2, 0) is 6.61 Å². The summed E-state index contributed by atoms with van der Waals surface area (Å²) in [7, 11) is 0. The Hall–Kier alpha value is -2.96. The Morgan fingerprint density at radius 3 is 2.57 bits per heavy atom. The first-order valence-electron chi connectivity index (χ1n) is 5.88. The first kappa shape index (κ1) is 14.4. The van der Waals surface area contributed by atoms with Gasteiger partial charge in [-0.05, 0) is 24.3 Å². The number of hydrogen-bond donors (Lipinski definition) is 2. The van der Waals surface area contributed by atoms with E-state index in [4.69, 9.17) is 15.6 Å². The lowest BCUT2D eigenvalue weighted by molar-refractivity contribution is 0.0696. The van der Waals surface area contributed by atoms with Crippen molar-refractivity contribution >= 4 is 11.9 Å². The molecule has 0 unspecified atom stereocenters. The molecule has 0 radical (unpaired) electrons. The van der Waals surface area contributed by atoms with Crippen LogP contribution in [0.1, 0.15) is 26.4 Å². The number of ether oxygens (including phenoxy) is 1. The fraction of sp³-hybridized carbons (Fsp3) is 0.0714. The van der Waals surface area contributed by atoms with Gasteiger partial charge in [0.05, 0.1) is 16.8 Å². The van der Waals surface area contributed by atoms with E-state index in [2.05, 4.69) is 4.98 Å². The third kappa shape index (κ3) is 3.53. The van der Waals surface area contributed by atoms with Crippen molar-refractivity contribution in [3.05, 3.63) is 59.2 Å². The predicted octanol–water partition coefficient (Wildman–Crippen LogP) is 1.60. The predicted molar refractivity (Wildman–Crippen MR) is 70.4 cm³/mol. The maximum absolute atomic E-state index is 13.5. The molecular formula is C14H11FN2O4. The molecular weight excluding hydrogens is 279 g/mol. The minimum absolute atomic E-state index is 0.0370. The molecule has 7 heteroatoms. The molecule has 6 nitrogen and oxygen atoms in total. The van der Waals surface area contributed by atoms with Crippen molar-refractivity contribution in [2.75, 3.05) is 0 Å². The summed E-state index contributed by atoms with van der Waals surface area (Å²) in [6.45, 7) is 0.0370. The molecule has 1 aromatic carbocycles. The van der Waals surface area contributed by atoms with Gasteiger partial charge < -0.3 is 15.6 Å². The van der Waals surface area contributed by atoms with Crippen LogP contribution in [0.15, 0.2) is 36.5 Å². The highest BCUT2D eigenvalue weighted by atomic mass is 19.1. The minimum atomic E-state index is -1.07. The Kier molecular flexibility index (Phi) is 4.13. The van der Waals surface area contributed by atoms with Crippen LogP contribution in [0.25, 0.3) is 0 Å². The van der Waals surface area contributed by atoms with Crippen LogP contribution < -0.4 is 10.5 Å². The van der Waals surface area contributed by atoms with Crippen LogP contribution in [0.5, 0.6) is 5.75 Å². The molecule has 2 rings (SSSR count). The third-order valence-electron chi connectivity index (χ3n) is 2.66. The van der Waals surface area contributed by atoms with Gasteiger partial charge in [-0.15, -0.1) is 0 Å². The van der Waals surface area contributed by atoms with Gasteiger partial charge in [-0.1, -0.05) is 0 Å². The van der Waals surface area contributed by atoms with Crippen LogP contribution in [0, 0.1) is 5.82 Å². The van der Waals surface area contributed by atoms with E-state index in [0.717, 1.165) is 6.07 Å². The smallest absolute Gasteiger partial charge is 0.337 e. The molecule has 3 N–H and O–H groups in total. The summed E-state index contributed by atoms with van der Waals surface area (Å²) in [5, 5.41) is 8.73. The fourth-order valence-electron chi connectivity index (χ4n) is 1.58. The molecule has 0 aliphatic carbocycles. The van der Waals surface area contributed by atoms with Gasteiger partial charge in [0.2, 0.25) is 0 Å². The number of nitrogens with zero attached hydrogens (tertiary/aromatic N) is 1. The Morgan fingerprint density at radius 2 is 2.05 bits per heavy atom. The maximum atomic E-state index is 13.5. The molecule has 2 aromatic rings. The topological polar surface area (TPSA) is 103 Å². The Labute approximate surface area is 119 Å². The van der Waals surface area contributed by atoms with Crippen molar-refractivity contribution in [3.8, 4) is 5.75 Å². The van der Waals surface area contributed by atoms with E-state index in [-0.39, 0.29) is 23.5 Å². The molecule has 0 fully saturated rings. The second kappa shape index (κ2) is 6.00. The van der Waals surface area contributed by atoms with Gasteiger partial charge in [-0.2, -0.15) is 0 Å². The summed E-state index contributed by atoms with van der Waals surface area (Å²) in [4.78, 5) is 25.5. The first-order valence-corrected chi connectivity index (χ1v) is 5.88. The van der Waals surface area contributed by atoms with Gasteiger partial charge in [0.15, 0.2) is 0 Å². The number of benzene rings is 1. The van der Waals surface area contributed by atoms with Crippen molar-refractivity contribution in [1.82, 2.24) is 4.98 Å². The van der Waals surface area contributed by atoms with Gasteiger partial charge in [0.1, 0.15) is 18.2 Å². The van der Waals surface area contributed by atoms with Gasteiger partial charge >= 0.3 is 5.97 Å². The Morgan fingerprint density at radius 1 is 1.29 bits per heavy atom. The van der Waals surface area contributed by atoms with E-state index >= 15 is 0 Å². The molecule has 1 heterocycles. The van der Waals surface area contributed by atoms with Gasteiger partial charge in [0, 0.05) is 12.3 Å². The zero-order chi connectivity index (χ0) is 15.4. The second-order valence-electron chi connectivity index (χ2n) is 4.14. The molecule has 0 bridgehead atoms. The van der Waals surface area contributed by atoms with E-state index < -0.39 is 17.7 Å². The summed E-state index contributed by atoms with van der Waals surface area (Å²) in [6.07, 6.45) is 1.21. The highest BCUT2D eigenvalue weighted by Crippen LogP contribution is 2.17. The highest BCUT2D eigenvalue weighted by molar-refractivity contribution is 5.93. The summed E-state index contributed by atoms with van der Waals surface area (Å²) in [5.41, 5.74) is 5.33. The number of primary amides is 1. The summed E-state index contributed by atoms with van der Waals surface area (Å²) in [6, 6.07) is 6.58. The van der Waals surface area contributed by atoms with Gasteiger partial charge in [0.25, 0.3) is 5.91 Å². The van der Waals surface area contributed by atoms with E-state index in [9.17, 15) is 14.0 Å². The fourth-order valence-corrected chi connectivity index (χ4v) is 1.58. The third-order valence-corrected chi connectivity index (χ3v) is 2.66. The van der Waals surface area contributed by atoms with Crippen LogP contribution in [0.2, 0.25) is 0 Å². The number of halogens is 1. The average Bonchev–Trinajstić information content (AvgIpc) is 2.45. The lowest BCUT2D eigenvalue weighted by Crippen LogP contribution is -2.13. The molecule has 1 aromatic heterocycles. The average molecular weight is 290 g/mol. The molecule has 0 aliphatic heterocycles. The molecule has 21 heavy (non-hydrogen) atoms. The number of aromatic nitrogens is 1. The number of carboxylic acids is 1. The number of carbonyl (C=O) groups is 2. The maximum Gasteiger partial charge on any atom is 0.337 e. The van der Waals surface area contributed by atoms with Crippen LogP contribution in [0.3, 0.4) is 0 Å². The van der Waals surface area contributed by atoms with Crippen molar-refractivity contribution in [1.29, 1.82) is 0 Å². The zero-order valence-corrected chi connectivity index (χ0v) is 10.7. The minimum Gasteiger partial charge on any atom is -0.487 e. The lowest BCUT2D eigenvalue weighted by atomic mass is 10.2. The first-order chi connectivity index (χ1) is 9.97. The van der Waals surface area contributed by atoms with Crippen molar-refractivity contribution in [2.45, 2.75) is 6.61 Å². The Bertz CT molecular complexity index is 686. The largest absolute Gasteiger partial charge is 0.487 e. The number of carbonyl (C=O) groups excluding carboxylic acids is 1. The molecule has 0 aliphatic rings. The van der Waals surface area contributed by atoms with Crippen LogP contribution in [-0.4, -0.2) is 22.0 Å². The number of pyridine rings is 1. The van der Waals surface area contributed by atoms with E-state index in [1.54, 1.807) is 0 Å². The van der Waals surface area contributed by atoms with Crippen molar-refractivity contribution in [3.63, 3.8) is 0 Å². The normalized spacial score (nSPS) is 10.1. The van der Waals surface area contributed by atoms with Crippen molar-refractivity contribution in [2.24, 2.45) is 5.73 Å². The molecule has 0 saturated heterocycles. The van der Waals surface area contributed by atoms with E-state index in [0.29, 0.717) is 5.69 Å². The van der Waals surface area contributed by atoms with E-state index in [1.807, 2.05) is 0 Å². The van der Waals surface area contributed by atoms with E-state index in [1.165, 1.54) is 30.5 Å². The second-order valence-corrected chi connectivity index (χ2v) is 4.14. The number of carboxylic acid groups (broad SMARTS) is 1. The van der Waals surface area contributed by atoms with Crippen LogP contribution in [0.4, 0.5) is 4.39 Å². The summed E-state index contributed by atoms with van der Waals surface area (Å²) in [5.74, 6) is -2.49. The summed E-state index contributed by atoms with van der Waals surface area (Å²) >= 11 is 0. The number of rotatable bonds is 5.